The molecule has 17 rings (SSSR count). The number of hydrogen-bond donors (Lipinski definition) is 0. The topological polar surface area (TPSA) is 16.3 Å². The molecule has 15 aromatic rings. The number of benzene rings is 13. The maximum atomic E-state index is 2.72. The van der Waals surface area contributed by atoms with Crippen molar-refractivity contribution in [3.63, 3.8) is 0 Å². The van der Waals surface area contributed by atoms with Crippen molar-refractivity contribution in [2.45, 2.75) is 92.4 Å². The van der Waals surface area contributed by atoms with Gasteiger partial charge in [0.15, 0.2) is 0 Å². The molecule has 0 unspecified atom stereocenters. The lowest BCUT2D eigenvalue weighted by atomic mass is 9.33. The number of para-hydroxylation sites is 4. The van der Waals surface area contributed by atoms with E-state index in [2.05, 4.69) is 374 Å². The minimum absolute atomic E-state index is 0.138. The predicted octanol–water partition coefficient (Wildman–Crippen LogP) is 23.1. The van der Waals surface area contributed by atoms with Crippen molar-refractivity contribution >= 4 is 101 Å². The van der Waals surface area contributed by atoms with Crippen LogP contribution >= 0.6 is 0 Å². The summed E-state index contributed by atoms with van der Waals surface area (Å²) in [5.74, 6) is 0. The molecule has 4 nitrogen and oxygen atoms in total. The first-order chi connectivity index (χ1) is 46.9. The Balaban J connectivity index is 1.03. The fourth-order valence-corrected chi connectivity index (χ4v) is 16.1. The van der Waals surface area contributed by atoms with Crippen LogP contribution < -0.4 is 26.2 Å². The lowest BCUT2D eigenvalue weighted by Crippen LogP contribution is -2.62. The highest BCUT2D eigenvalue weighted by atomic mass is 15.2. The maximum Gasteiger partial charge on any atom is 0.252 e. The van der Waals surface area contributed by atoms with E-state index in [4.69, 9.17) is 0 Å². The molecule has 5 heteroatoms. The van der Waals surface area contributed by atoms with Gasteiger partial charge in [-0.3, -0.25) is 0 Å². The van der Waals surface area contributed by atoms with E-state index in [1.807, 2.05) is 0 Å². The van der Waals surface area contributed by atoms with Gasteiger partial charge < -0.3 is 18.9 Å². The van der Waals surface area contributed by atoms with E-state index in [-0.39, 0.29) is 23.0 Å². The third-order valence-corrected chi connectivity index (χ3v) is 21.1. The Kier molecular flexibility index (Phi) is 13.8. The summed E-state index contributed by atoms with van der Waals surface area (Å²) in [6, 6.07) is 106. The van der Waals surface area contributed by atoms with Gasteiger partial charge >= 0.3 is 0 Å². The molecule has 13 aromatic carbocycles. The third-order valence-electron chi connectivity index (χ3n) is 21.1. The molecule has 2 aromatic heterocycles. The zero-order chi connectivity index (χ0) is 66.4. The molecule has 0 spiro atoms. The van der Waals surface area contributed by atoms with Crippen LogP contribution in [0.2, 0.25) is 0 Å². The van der Waals surface area contributed by atoms with Gasteiger partial charge in [0.1, 0.15) is 0 Å². The van der Waals surface area contributed by atoms with Crippen molar-refractivity contribution in [1.29, 1.82) is 0 Å². The zero-order valence-electron chi connectivity index (χ0n) is 57.4. The first kappa shape index (κ1) is 59.8. The molecule has 0 saturated carbocycles. The van der Waals surface area contributed by atoms with Crippen molar-refractivity contribution in [3.05, 3.63) is 307 Å². The van der Waals surface area contributed by atoms with Crippen LogP contribution in [0.25, 0.3) is 99.5 Å². The molecular formula is C92H79BN4. The van der Waals surface area contributed by atoms with Gasteiger partial charge in [-0.25, -0.2) is 0 Å². The highest BCUT2D eigenvalue weighted by Crippen LogP contribution is 2.54. The Morgan fingerprint density at radius 1 is 0.258 bits per heavy atom. The summed E-state index contributed by atoms with van der Waals surface area (Å²) < 4.78 is 5.07. The first-order valence-corrected chi connectivity index (χ1v) is 34.5. The van der Waals surface area contributed by atoms with Crippen molar-refractivity contribution in [1.82, 2.24) is 9.13 Å². The molecule has 97 heavy (non-hydrogen) atoms. The van der Waals surface area contributed by atoms with Crippen LogP contribution in [0.5, 0.6) is 0 Å². The highest BCUT2D eigenvalue weighted by molar-refractivity contribution is 7.00. The summed E-state index contributed by atoms with van der Waals surface area (Å²) in [5.41, 5.74) is 33.1. The summed E-state index contributed by atoms with van der Waals surface area (Å²) in [4.78, 5) is 5.44. The van der Waals surface area contributed by atoms with E-state index in [1.165, 1.54) is 155 Å². The lowest BCUT2D eigenvalue weighted by molar-refractivity contribution is 0.590. The minimum Gasteiger partial charge on any atom is -0.310 e. The van der Waals surface area contributed by atoms with E-state index in [0.717, 1.165) is 22.7 Å². The van der Waals surface area contributed by atoms with Crippen LogP contribution in [0.1, 0.15) is 90.1 Å². The summed E-state index contributed by atoms with van der Waals surface area (Å²) in [5, 5.41) is 4.97. The molecule has 2 aliphatic rings. The van der Waals surface area contributed by atoms with Gasteiger partial charge in [-0.05, 0) is 193 Å². The van der Waals surface area contributed by atoms with Crippen LogP contribution in [-0.4, -0.2) is 15.8 Å². The van der Waals surface area contributed by atoms with Gasteiger partial charge in [-0.15, -0.1) is 0 Å². The molecule has 0 bridgehead atoms. The fourth-order valence-electron chi connectivity index (χ4n) is 16.1. The van der Waals surface area contributed by atoms with Crippen molar-refractivity contribution in [2.24, 2.45) is 0 Å². The van der Waals surface area contributed by atoms with E-state index in [1.54, 1.807) is 0 Å². The molecule has 0 N–H and O–H groups in total. The Labute approximate surface area is 571 Å². The lowest BCUT2D eigenvalue weighted by Gasteiger charge is -2.47. The Hall–Kier alpha value is -10.9. The molecule has 0 saturated heterocycles. The van der Waals surface area contributed by atoms with Crippen LogP contribution in [0.3, 0.4) is 0 Å². The average Bonchev–Trinajstić information content (AvgIpc) is 1.33. The number of nitrogens with zero attached hydrogens (tertiary/aromatic N) is 4. The largest absolute Gasteiger partial charge is 0.310 e. The SMILES string of the molecule is Cc1c(-n2c3ccccc3c3ccccc32)ccc2c1N(c1ccc(C(C)(C)C)cc1-c1cccc(-c3ccccc3)c1)c1cc(C(C)(C)C)cc3c1B2c1ccc(-n2c4ccccc4c4ccccc42)c(C)c1N3c1ccc(C(C)(C)C)cc1-c1cccc(-c2ccccc2)c1. The molecule has 4 heterocycles. The van der Waals surface area contributed by atoms with Gasteiger partial charge in [-0.2, -0.15) is 0 Å². The average molecular weight is 1250 g/mol. The molecule has 2 aliphatic heterocycles. The number of rotatable bonds is 8. The monoisotopic (exact) mass is 1250 g/mol. The molecule has 0 aliphatic carbocycles. The van der Waals surface area contributed by atoms with Crippen LogP contribution in [0.4, 0.5) is 34.1 Å². The number of aromatic nitrogens is 2. The van der Waals surface area contributed by atoms with Crippen LogP contribution in [0.15, 0.2) is 279 Å². The molecule has 0 amide bonds. The molecular weight excluding hydrogens is 1170 g/mol. The summed E-state index contributed by atoms with van der Waals surface area (Å²) >= 11 is 0. The van der Waals surface area contributed by atoms with Crippen LogP contribution in [-0.2, 0) is 16.2 Å². The van der Waals surface area contributed by atoms with Gasteiger partial charge in [0.2, 0.25) is 0 Å². The van der Waals surface area contributed by atoms with E-state index in [0.29, 0.717) is 0 Å². The third kappa shape index (κ3) is 9.63. The first-order valence-electron chi connectivity index (χ1n) is 34.5. The van der Waals surface area contributed by atoms with Gasteiger partial charge in [0, 0.05) is 55.4 Å². The normalized spacial score (nSPS) is 13.0. The van der Waals surface area contributed by atoms with Gasteiger partial charge in [0.25, 0.3) is 6.71 Å². The predicted molar refractivity (Wildman–Crippen MR) is 416 cm³/mol. The second kappa shape index (κ2) is 22.4. The van der Waals surface area contributed by atoms with E-state index >= 15 is 0 Å². The molecule has 0 radical (unpaired) electrons. The molecule has 0 fully saturated rings. The summed E-state index contributed by atoms with van der Waals surface area (Å²) in [6.07, 6.45) is 0. The Morgan fingerprint density at radius 3 is 0.938 bits per heavy atom. The van der Waals surface area contributed by atoms with Crippen molar-refractivity contribution < 1.29 is 0 Å². The summed E-state index contributed by atoms with van der Waals surface area (Å²) in [7, 11) is 0. The smallest absolute Gasteiger partial charge is 0.252 e. The minimum atomic E-state index is -0.287. The quantitative estimate of drug-likeness (QED) is 0.141. The summed E-state index contributed by atoms with van der Waals surface area (Å²) in [6.45, 7) is 25.9. The van der Waals surface area contributed by atoms with Crippen molar-refractivity contribution in [2.75, 3.05) is 9.80 Å². The van der Waals surface area contributed by atoms with Gasteiger partial charge in [0.05, 0.1) is 44.8 Å². The van der Waals surface area contributed by atoms with Gasteiger partial charge in [-0.1, -0.05) is 256 Å². The highest BCUT2D eigenvalue weighted by Gasteiger charge is 2.47. The Morgan fingerprint density at radius 2 is 0.577 bits per heavy atom. The molecule has 0 atom stereocenters. The molecule has 470 valence electrons. The van der Waals surface area contributed by atoms with E-state index in [9.17, 15) is 0 Å². The second-order valence-electron chi connectivity index (χ2n) is 30.2. The Bertz CT molecular complexity index is 5240. The number of hydrogen-bond acceptors (Lipinski definition) is 2. The van der Waals surface area contributed by atoms with E-state index < -0.39 is 0 Å². The van der Waals surface area contributed by atoms with Crippen LogP contribution in [0, 0.1) is 13.8 Å². The number of fused-ring (bicyclic) bond motifs is 10. The standard InChI is InChI=1S/C92H79BN4/c1-58-77(94-79-40-22-18-36-69(79)70-37-19-23-41-80(70)94)50-46-75-88(58)96(83-48-44-66(90(3,4)5)54-73(83)64-34-26-32-62(52-64)60-28-14-12-15-29-60)85-56-68(92(9,10)11)57-86-87(85)93(75)76-47-51-78(95-81-42-24-20-38-71(81)72-39-21-25-43-82(72)95)59(2)89(76)97(86)84-49-45-67(91(6,7)8)55-74(84)65-35-27-33-63(53-65)61-30-16-13-17-31-61/h12-57H,1-11H3. The number of anilines is 6. The second-order valence-corrected chi connectivity index (χ2v) is 30.2. The van der Waals surface area contributed by atoms with Crippen molar-refractivity contribution in [3.8, 4) is 55.9 Å². The fraction of sp³-hybridized carbons (Fsp3) is 0.152. The zero-order valence-corrected chi connectivity index (χ0v) is 57.4. The maximum absolute atomic E-state index is 2.72.